The van der Waals surface area contributed by atoms with Gasteiger partial charge in [0.25, 0.3) is 5.69 Å². The van der Waals surface area contributed by atoms with Crippen LogP contribution in [-0.4, -0.2) is 18.2 Å². The smallest absolute Gasteiger partial charge is 0.416 e. The summed E-state index contributed by atoms with van der Waals surface area (Å²) >= 11 is 0. The Hall–Kier alpha value is -2.38. The van der Waals surface area contributed by atoms with E-state index in [0.717, 1.165) is 30.3 Å². The van der Waals surface area contributed by atoms with Gasteiger partial charge in [-0.05, 0) is 30.3 Å². The average Bonchev–Trinajstić information content (AvgIpc) is 2.60. The number of nitrogens with zero attached hydrogens (tertiary/aromatic N) is 1. The van der Waals surface area contributed by atoms with Gasteiger partial charge in [-0.25, -0.2) is 0 Å². The van der Waals surface area contributed by atoms with Gasteiger partial charge in [0.2, 0.25) is 7.37 Å². The summed E-state index contributed by atoms with van der Waals surface area (Å²) in [5.41, 5.74) is -1.21. The lowest BCUT2D eigenvalue weighted by Crippen LogP contribution is -2.13. The van der Waals surface area contributed by atoms with E-state index in [1.54, 1.807) is 6.92 Å². The van der Waals surface area contributed by atoms with Crippen molar-refractivity contribution in [2.75, 3.05) is 13.3 Å². The summed E-state index contributed by atoms with van der Waals surface area (Å²) in [4.78, 5) is 10.5. The first-order valence-corrected chi connectivity index (χ1v) is 9.20. The molecule has 0 fully saturated rings. The van der Waals surface area contributed by atoms with Crippen molar-refractivity contribution in [3.8, 4) is 11.5 Å². The number of halogens is 3. The summed E-state index contributed by atoms with van der Waals surface area (Å²) in [6.07, 6.45) is -4.43. The minimum absolute atomic E-state index is 0.0358. The maximum Gasteiger partial charge on any atom is 0.416 e. The first kappa shape index (κ1) is 19.9. The molecule has 0 spiro atoms. The zero-order valence-electron chi connectivity index (χ0n) is 13.8. The Labute approximate surface area is 147 Å². The molecule has 0 amide bonds. The molecule has 0 heterocycles. The van der Waals surface area contributed by atoms with E-state index in [1.165, 1.54) is 19.2 Å². The van der Waals surface area contributed by atoms with Crippen molar-refractivity contribution in [2.45, 2.75) is 13.1 Å². The number of benzene rings is 2. The second kappa shape index (κ2) is 7.47. The van der Waals surface area contributed by atoms with Crippen LogP contribution in [0.15, 0.2) is 42.5 Å². The van der Waals surface area contributed by atoms with Crippen LogP contribution >= 0.6 is 7.37 Å². The Balaban J connectivity index is 2.39. The Morgan fingerprint density at radius 3 is 2.15 bits per heavy atom. The molecule has 0 radical (unpaired) electrons. The van der Waals surface area contributed by atoms with E-state index >= 15 is 0 Å². The van der Waals surface area contributed by atoms with Gasteiger partial charge in [0.1, 0.15) is 16.8 Å². The SMILES string of the molecule is CCP(=O)(OC)c1cc(Oc2ccc(C(F)(F)F)cc2)ccc1[N+](=O)[O-]. The summed E-state index contributed by atoms with van der Waals surface area (Å²) in [5.74, 6) is 0.192. The highest BCUT2D eigenvalue weighted by molar-refractivity contribution is 7.67. The highest BCUT2D eigenvalue weighted by Gasteiger charge is 2.32. The fraction of sp³-hybridized carbons (Fsp3) is 0.250. The lowest BCUT2D eigenvalue weighted by molar-refractivity contribution is -0.383. The molecule has 2 rings (SSSR count). The number of alkyl halides is 3. The summed E-state index contributed by atoms with van der Waals surface area (Å²) in [7, 11) is -2.27. The fourth-order valence-electron chi connectivity index (χ4n) is 2.24. The van der Waals surface area contributed by atoms with E-state index in [9.17, 15) is 27.9 Å². The van der Waals surface area contributed by atoms with Gasteiger partial charge in [-0.15, -0.1) is 0 Å². The minimum Gasteiger partial charge on any atom is -0.457 e. The molecule has 0 aromatic heterocycles. The third kappa shape index (κ3) is 4.23. The lowest BCUT2D eigenvalue weighted by atomic mass is 10.2. The van der Waals surface area contributed by atoms with E-state index in [4.69, 9.17) is 9.26 Å². The average molecular weight is 389 g/mol. The molecule has 0 saturated carbocycles. The highest BCUT2D eigenvalue weighted by Crippen LogP contribution is 2.47. The maximum absolute atomic E-state index is 12.7. The Bertz CT molecular complexity index is 844. The van der Waals surface area contributed by atoms with E-state index in [0.29, 0.717) is 0 Å². The van der Waals surface area contributed by atoms with Gasteiger partial charge in [0.15, 0.2) is 0 Å². The fourth-order valence-corrected chi connectivity index (χ4v) is 3.86. The number of nitro benzene ring substituents is 1. The first-order valence-electron chi connectivity index (χ1n) is 7.39. The van der Waals surface area contributed by atoms with Crippen molar-refractivity contribution in [2.24, 2.45) is 0 Å². The molecule has 140 valence electrons. The van der Waals surface area contributed by atoms with Crippen molar-refractivity contribution in [3.63, 3.8) is 0 Å². The minimum atomic E-state index is -4.47. The van der Waals surface area contributed by atoms with Crippen molar-refractivity contribution >= 4 is 18.4 Å². The van der Waals surface area contributed by atoms with Crippen LogP contribution in [0.3, 0.4) is 0 Å². The molecule has 2 aromatic carbocycles. The molecular weight excluding hydrogens is 374 g/mol. The standard InChI is InChI=1S/C16H15F3NO5P/c1-3-26(23,24-2)15-10-13(8-9-14(15)20(21)22)25-12-6-4-11(5-7-12)16(17,18)19/h4-10H,3H2,1-2H3. The van der Waals surface area contributed by atoms with Crippen molar-refractivity contribution in [1.29, 1.82) is 0 Å². The normalized spacial score (nSPS) is 13.9. The van der Waals surface area contributed by atoms with Crippen LogP contribution in [0.1, 0.15) is 12.5 Å². The Kier molecular flexibility index (Phi) is 5.73. The maximum atomic E-state index is 12.7. The van der Waals surface area contributed by atoms with E-state index in [1.807, 2.05) is 0 Å². The molecule has 0 N–H and O–H groups in total. The van der Waals surface area contributed by atoms with Gasteiger partial charge in [0, 0.05) is 25.4 Å². The Morgan fingerprint density at radius 1 is 1.12 bits per heavy atom. The van der Waals surface area contributed by atoms with Crippen LogP contribution in [0.2, 0.25) is 0 Å². The van der Waals surface area contributed by atoms with Gasteiger partial charge in [-0.1, -0.05) is 6.92 Å². The molecule has 2 aromatic rings. The summed E-state index contributed by atoms with van der Waals surface area (Å²) in [6, 6.07) is 7.56. The third-order valence-electron chi connectivity index (χ3n) is 3.64. The predicted molar refractivity (Wildman–Crippen MR) is 89.4 cm³/mol. The van der Waals surface area contributed by atoms with E-state index < -0.39 is 24.0 Å². The molecule has 0 aliphatic carbocycles. The number of hydrogen-bond donors (Lipinski definition) is 0. The van der Waals surface area contributed by atoms with Crippen molar-refractivity contribution in [1.82, 2.24) is 0 Å². The molecule has 26 heavy (non-hydrogen) atoms. The highest BCUT2D eigenvalue weighted by atomic mass is 31.2. The second-order valence-electron chi connectivity index (χ2n) is 5.20. The molecule has 1 unspecified atom stereocenters. The third-order valence-corrected chi connectivity index (χ3v) is 6.15. The van der Waals surface area contributed by atoms with Crippen LogP contribution in [0.5, 0.6) is 11.5 Å². The van der Waals surface area contributed by atoms with Gasteiger partial charge < -0.3 is 9.26 Å². The van der Waals surface area contributed by atoms with Crippen LogP contribution < -0.4 is 10.0 Å². The topological polar surface area (TPSA) is 78.7 Å². The van der Waals surface area contributed by atoms with Crippen molar-refractivity contribution in [3.05, 3.63) is 58.1 Å². The van der Waals surface area contributed by atoms with E-state index in [-0.39, 0.29) is 28.7 Å². The quantitative estimate of drug-likeness (QED) is 0.396. The molecule has 6 nitrogen and oxygen atoms in total. The first-order chi connectivity index (χ1) is 12.1. The molecule has 1 atom stereocenters. The monoisotopic (exact) mass is 389 g/mol. The zero-order valence-corrected chi connectivity index (χ0v) is 14.7. The molecule has 0 aliphatic heterocycles. The Morgan fingerprint density at radius 2 is 1.69 bits per heavy atom. The van der Waals surface area contributed by atoms with Crippen LogP contribution in [0.25, 0.3) is 0 Å². The lowest BCUT2D eigenvalue weighted by Gasteiger charge is -2.16. The molecule has 10 heteroatoms. The van der Waals surface area contributed by atoms with Gasteiger partial charge in [0.05, 0.1) is 10.5 Å². The second-order valence-corrected chi connectivity index (χ2v) is 8.03. The summed E-state index contributed by atoms with van der Waals surface area (Å²) in [6.45, 7) is 1.57. The largest absolute Gasteiger partial charge is 0.457 e. The van der Waals surface area contributed by atoms with Gasteiger partial charge in [-0.3, -0.25) is 14.7 Å². The molecule has 0 bridgehead atoms. The summed E-state index contributed by atoms with van der Waals surface area (Å²) in [5, 5.41) is 11.1. The molecule has 0 aliphatic rings. The van der Waals surface area contributed by atoms with Gasteiger partial charge in [-0.2, -0.15) is 13.2 Å². The van der Waals surface area contributed by atoms with Crippen LogP contribution in [-0.2, 0) is 15.3 Å². The number of nitro groups is 1. The van der Waals surface area contributed by atoms with Crippen LogP contribution in [0.4, 0.5) is 18.9 Å². The zero-order chi connectivity index (χ0) is 19.5. The molecular formula is C16H15F3NO5P. The predicted octanol–water partition coefficient (Wildman–Crippen LogP) is 4.98. The summed E-state index contributed by atoms with van der Waals surface area (Å²) < 4.78 is 60.9. The molecule has 0 saturated heterocycles. The van der Waals surface area contributed by atoms with E-state index in [2.05, 4.69) is 0 Å². The number of ether oxygens (including phenoxy) is 1. The number of hydrogen-bond acceptors (Lipinski definition) is 5. The van der Waals surface area contributed by atoms with Crippen molar-refractivity contribution < 1.29 is 31.9 Å². The van der Waals surface area contributed by atoms with Gasteiger partial charge >= 0.3 is 6.18 Å². The number of rotatable bonds is 6. The van der Waals surface area contributed by atoms with Crippen LogP contribution in [0, 0.1) is 10.1 Å².